The van der Waals surface area contributed by atoms with Crippen LogP contribution in [-0.2, 0) is 0 Å². The maximum absolute atomic E-state index is 4.22. The molecule has 0 N–H and O–H groups in total. The molecule has 0 nitrogen and oxygen atoms in total. The Bertz CT molecular complexity index is 545. The van der Waals surface area contributed by atoms with E-state index in [1.807, 2.05) is 0 Å². The summed E-state index contributed by atoms with van der Waals surface area (Å²) in [5.74, 6) is 0. The summed E-state index contributed by atoms with van der Waals surface area (Å²) in [7, 11) is -0.403. The van der Waals surface area contributed by atoms with E-state index in [9.17, 15) is 0 Å². The minimum atomic E-state index is -0.403. The van der Waals surface area contributed by atoms with Crippen LogP contribution >= 0.6 is 7.92 Å². The Morgan fingerprint density at radius 2 is 1.16 bits per heavy atom. The van der Waals surface area contributed by atoms with Gasteiger partial charge in [-0.2, -0.15) is 0 Å². The van der Waals surface area contributed by atoms with Crippen LogP contribution in [0.4, 0.5) is 0 Å². The van der Waals surface area contributed by atoms with Gasteiger partial charge in [0.05, 0.1) is 0 Å². The maximum atomic E-state index is 4.22. The first-order valence-electron chi connectivity index (χ1n) is 6.52. The highest BCUT2D eigenvalue weighted by Gasteiger charge is 2.35. The fourth-order valence-electron chi connectivity index (χ4n) is 2.63. The van der Waals surface area contributed by atoms with Crippen molar-refractivity contribution in [2.75, 3.05) is 0 Å². The van der Waals surface area contributed by atoms with E-state index in [4.69, 9.17) is 0 Å². The van der Waals surface area contributed by atoms with Crippen molar-refractivity contribution in [2.45, 2.75) is 12.1 Å². The molecule has 2 aromatic carbocycles. The Kier molecular flexibility index (Phi) is 3.36. The van der Waals surface area contributed by atoms with Crippen LogP contribution in [0, 0.1) is 0 Å². The Balaban J connectivity index is 2.06. The molecule has 2 aromatic rings. The summed E-state index contributed by atoms with van der Waals surface area (Å²) in [6.07, 6.45) is 1.00. The van der Waals surface area contributed by atoms with E-state index in [-0.39, 0.29) is 0 Å². The topological polar surface area (TPSA) is 0 Å². The molecule has 0 radical (unpaired) electrons. The second-order valence-corrected chi connectivity index (χ2v) is 7.23. The molecular formula is C18H17P. The molecule has 1 aliphatic rings. The molecule has 1 aliphatic carbocycles. The predicted octanol–water partition coefficient (Wildman–Crippen LogP) is 4.00. The molecule has 0 unspecified atom stereocenters. The molecule has 0 aromatic heterocycles. The fraction of sp³-hybridized carbons (Fsp3) is 0.111. The van der Waals surface area contributed by atoms with Gasteiger partial charge in [-0.15, -0.1) is 0 Å². The van der Waals surface area contributed by atoms with Crippen LogP contribution in [-0.4, -0.2) is 5.66 Å². The number of allylic oxidation sites excluding steroid dienone is 2. The van der Waals surface area contributed by atoms with Gasteiger partial charge in [-0.05, 0) is 25.0 Å². The Morgan fingerprint density at radius 1 is 0.737 bits per heavy atom. The zero-order valence-electron chi connectivity index (χ0n) is 10.9. The van der Waals surface area contributed by atoms with E-state index in [0.29, 0.717) is 5.66 Å². The third-order valence-corrected chi connectivity index (χ3v) is 6.51. The molecule has 0 bridgehead atoms. The summed E-state index contributed by atoms with van der Waals surface area (Å²) in [5, 5.41) is 2.83. The largest absolute Gasteiger partial charge is 0.0985 e. The monoisotopic (exact) mass is 264 g/mol. The van der Waals surface area contributed by atoms with Gasteiger partial charge in [-0.1, -0.05) is 85.0 Å². The van der Waals surface area contributed by atoms with Gasteiger partial charge in [0, 0.05) is 5.66 Å². The van der Waals surface area contributed by atoms with Gasteiger partial charge in [0.25, 0.3) is 0 Å². The van der Waals surface area contributed by atoms with E-state index in [0.717, 1.165) is 6.42 Å². The van der Waals surface area contributed by atoms with Crippen molar-refractivity contribution in [3.8, 4) is 0 Å². The van der Waals surface area contributed by atoms with Crippen molar-refractivity contribution in [1.82, 2.24) is 0 Å². The summed E-state index contributed by atoms with van der Waals surface area (Å²) in [6.45, 7) is 8.44. The summed E-state index contributed by atoms with van der Waals surface area (Å²) in [6, 6.07) is 21.6. The van der Waals surface area contributed by atoms with Crippen LogP contribution in [0.25, 0.3) is 0 Å². The van der Waals surface area contributed by atoms with Gasteiger partial charge in [-0.3, -0.25) is 0 Å². The molecule has 1 saturated carbocycles. The van der Waals surface area contributed by atoms with Crippen molar-refractivity contribution in [1.29, 1.82) is 0 Å². The zero-order valence-corrected chi connectivity index (χ0v) is 11.8. The van der Waals surface area contributed by atoms with Crippen LogP contribution < -0.4 is 10.6 Å². The van der Waals surface area contributed by atoms with E-state index in [2.05, 4.69) is 73.8 Å². The summed E-state index contributed by atoms with van der Waals surface area (Å²) in [4.78, 5) is 0. The average Bonchev–Trinajstić information content (AvgIpc) is 2.46. The molecule has 3 rings (SSSR count). The predicted molar refractivity (Wildman–Crippen MR) is 85.8 cm³/mol. The van der Waals surface area contributed by atoms with Crippen molar-refractivity contribution in [3.63, 3.8) is 0 Å². The average molecular weight is 264 g/mol. The lowest BCUT2D eigenvalue weighted by Gasteiger charge is -2.39. The molecule has 0 atom stereocenters. The molecule has 0 saturated heterocycles. The molecule has 0 aliphatic heterocycles. The first kappa shape index (κ1) is 12.4. The standard InChI is InChI=1S/C18H17P/c1-14-13-15(2)18(14)19(16-9-5-3-6-10-16)17-11-7-4-8-12-17/h3-12,18H,1-2,13H2. The van der Waals surface area contributed by atoms with Crippen molar-refractivity contribution in [3.05, 3.63) is 85.0 Å². The van der Waals surface area contributed by atoms with E-state index in [1.54, 1.807) is 0 Å². The highest BCUT2D eigenvalue weighted by Crippen LogP contribution is 2.53. The van der Waals surface area contributed by atoms with Gasteiger partial charge in [0.1, 0.15) is 0 Å². The SMILES string of the molecule is C=C1CC(=C)C1P(c1ccccc1)c1ccccc1. The molecule has 1 fully saturated rings. The Hall–Kier alpha value is -1.65. The second-order valence-electron chi connectivity index (χ2n) is 4.94. The van der Waals surface area contributed by atoms with Crippen molar-refractivity contribution >= 4 is 18.5 Å². The lowest BCUT2D eigenvalue weighted by Crippen LogP contribution is -2.30. The minimum Gasteiger partial charge on any atom is -0.0985 e. The van der Waals surface area contributed by atoms with Crippen molar-refractivity contribution < 1.29 is 0 Å². The van der Waals surface area contributed by atoms with Gasteiger partial charge < -0.3 is 0 Å². The molecule has 0 amide bonds. The summed E-state index contributed by atoms with van der Waals surface area (Å²) >= 11 is 0. The van der Waals surface area contributed by atoms with E-state index >= 15 is 0 Å². The number of rotatable bonds is 3. The molecule has 1 heteroatoms. The molecule has 0 heterocycles. The van der Waals surface area contributed by atoms with Crippen LogP contribution in [0.2, 0.25) is 0 Å². The van der Waals surface area contributed by atoms with Gasteiger partial charge in [0.15, 0.2) is 0 Å². The smallest absolute Gasteiger partial charge is 0.0291 e. The maximum Gasteiger partial charge on any atom is 0.0291 e. The molecule has 94 valence electrons. The summed E-state index contributed by atoms with van der Waals surface area (Å²) in [5.41, 5.74) is 3.13. The quantitative estimate of drug-likeness (QED) is 0.580. The molecule has 19 heavy (non-hydrogen) atoms. The highest BCUT2D eigenvalue weighted by molar-refractivity contribution is 7.74. The normalized spacial score (nSPS) is 15.6. The highest BCUT2D eigenvalue weighted by atomic mass is 31.1. The van der Waals surface area contributed by atoms with Gasteiger partial charge in [0.2, 0.25) is 0 Å². The third kappa shape index (κ3) is 2.29. The number of hydrogen-bond acceptors (Lipinski definition) is 0. The van der Waals surface area contributed by atoms with E-state index < -0.39 is 7.92 Å². The van der Waals surface area contributed by atoms with E-state index in [1.165, 1.54) is 21.8 Å². The summed E-state index contributed by atoms with van der Waals surface area (Å²) < 4.78 is 0. The third-order valence-electron chi connectivity index (χ3n) is 3.55. The molecular weight excluding hydrogens is 247 g/mol. The second kappa shape index (κ2) is 5.15. The van der Waals surface area contributed by atoms with Gasteiger partial charge in [-0.25, -0.2) is 0 Å². The van der Waals surface area contributed by atoms with Crippen LogP contribution in [0.1, 0.15) is 6.42 Å². The Labute approximate surface area is 116 Å². The molecule has 0 spiro atoms. The van der Waals surface area contributed by atoms with Gasteiger partial charge >= 0.3 is 0 Å². The zero-order chi connectivity index (χ0) is 13.2. The fourth-order valence-corrected chi connectivity index (χ4v) is 5.43. The Morgan fingerprint density at radius 3 is 1.53 bits per heavy atom. The van der Waals surface area contributed by atoms with Crippen molar-refractivity contribution in [2.24, 2.45) is 0 Å². The lowest BCUT2D eigenvalue weighted by atomic mass is 9.88. The van der Waals surface area contributed by atoms with Crippen LogP contribution in [0.3, 0.4) is 0 Å². The number of benzene rings is 2. The minimum absolute atomic E-state index is 0.403. The lowest BCUT2D eigenvalue weighted by molar-refractivity contribution is 0.884. The van der Waals surface area contributed by atoms with Crippen LogP contribution in [0.15, 0.2) is 85.0 Å². The first-order valence-corrected chi connectivity index (χ1v) is 7.93. The van der Waals surface area contributed by atoms with Crippen LogP contribution in [0.5, 0.6) is 0 Å². The first-order chi connectivity index (χ1) is 9.27. The number of hydrogen-bond donors (Lipinski definition) is 0.